The van der Waals surface area contributed by atoms with Crippen molar-refractivity contribution >= 4 is 23.2 Å². The Morgan fingerprint density at radius 1 is 1.06 bits per heavy atom. The van der Waals surface area contributed by atoms with E-state index in [-0.39, 0.29) is 0 Å². The molecule has 1 heterocycles. The van der Waals surface area contributed by atoms with Crippen LogP contribution in [0.1, 0.15) is 17.2 Å². The Bertz CT molecular complexity index is 485. The van der Waals surface area contributed by atoms with E-state index in [9.17, 15) is 5.11 Å². The number of aliphatic hydroxyl groups excluding tert-OH is 1. The molecule has 2 rings (SSSR count). The average Bonchev–Trinajstić information content (AvgIpc) is 2.29. The van der Waals surface area contributed by atoms with Crippen LogP contribution in [-0.2, 0) is 0 Å². The molecule has 16 heavy (non-hydrogen) atoms. The minimum atomic E-state index is -0.733. The van der Waals surface area contributed by atoms with E-state index in [0.29, 0.717) is 15.7 Å². The summed E-state index contributed by atoms with van der Waals surface area (Å²) in [6.45, 7) is 0. The lowest BCUT2D eigenvalue weighted by Crippen LogP contribution is -1.99. The van der Waals surface area contributed by atoms with Crippen molar-refractivity contribution in [1.29, 1.82) is 0 Å². The summed E-state index contributed by atoms with van der Waals surface area (Å²) >= 11 is 11.5. The first-order valence-electron chi connectivity index (χ1n) is 4.72. The molecule has 1 aromatic heterocycles. The molecule has 1 unspecified atom stereocenters. The van der Waals surface area contributed by atoms with Crippen molar-refractivity contribution in [2.24, 2.45) is 0 Å². The third-order valence-corrected chi connectivity index (χ3v) is 2.69. The number of aliphatic hydroxyl groups is 1. The van der Waals surface area contributed by atoms with Gasteiger partial charge in [-0.1, -0.05) is 41.4 Å². The number of rotatable bonds is 2. The molecule has 1 atom stereocenters. The Balaban J connectivity index is 2.31. The van der Waals surface area contributed by atoms with Gasteiger partial charge >= 0.3 is 0 Å². The molecule has 0 spiro atoms. The van der Waals surface area contributed by atoms with Crippen LogP contribution in [0, 0.1) is 0 Å². The predicted molar refractivity (Wildman–Crippen MR) is 64.8 cm³/mol. The number of hydrogen-bond donors (Lipinski definition) is 1. The van der Waals surface area contributed by atoms with Gasteiger partial charge in [-0.25, -0.2) is 4.98 Å². The molecule has 0 saturated heterocycles. The highest BCUT2D eigenvalue weighted by atomic mass is 35.5. The van der Waals surface area contributed by atoms with Gasteiger partial charge in [0.2, 0.25) is 0 Å². The van der Waals surface area contributed by atoms with Gasteiger partial charge in [0.15, 0.2) is 0 Å². The summed E-state index contributed by atoms with van der Waals surface area (Å²) in [5, 5.41) is 11.1. The number of halogens is 2. The fourth-order valence-electron chi connectivity index (χ4n) is 1.42. The molecule has 0 aliphatic carbocycles. The van der Waals surface area contributed by atoms with Crippen LogP contribution < -0.4 is 0 Å². The molecule has 2 aromatic rings. The average molecular weight is 254 g/mol. The van der Waals surface area contributed by atoms with Gasteiger partial charge in [0.05, 0.1) is 0 Å². The maximum atomic E-state index is 10.1. The van der Waals surface area contributed by atoms with Crippen molar-refractivity contribution in [3.8, 4) is 0 Å². The van der Waals surface area contributed by atoms with Gasteiger partial charge in [0, 0.05) is 16.8 Å². The zero-order chi connectivity index (χ0) is 11.5. The molecule has 2 nitrogen and oxygen atoms in total. The maximum absolute atomic E-state index is 10.1. The Labute approximate surface area is 103 Å². The van der Waals surface area contributed by atoms with E-state index in [4.69, 9.17) is 23.2 Å². The molecule has 4 heteroatoms. The lowest BCUT2D eigenvalue weighted by molar-refractivity contribution is 0.220. The van der Waals surface area contributed by atoms with E-state index < -0.39 is 6.10 Å². The summed E-state index contributed by atoms with van der Waals surface area (Å²) in [6.07, 6.45) is 0.817. The zero-order valence-corrected chi connectivity index (χ0v) is 9.78. The summed E-state index contributed by atoms with van der Waals surface area (Å²) in [4.78, 5) is 3.92. The SMILES string of the molecule is OC(c1ccc(Cl)nc1)c1cccc(Cl)c1. The molecular formula is C12H9Cl2NO. The van der Waals surface area contributed by atoms with Crippen LogP contribution in [0.4, 0.5) is 0 Å². The largest absolute Gasteiger partial charge is 0.384 e. The van der Waals surface area contributed by atoms with Gasteiger partial charge in [-0.3, -0.25) is 0 Å². The van der Waals surface area contributed by atoms with Crippen LogP contribution in [0.15, 0.2) is 42.6 Å². The number of aromatic nitrogens is 1. The van der Waals surface area contributed by atoms with Gasteiger partial charge in [0.25, 0.3) is 0 Å². The lowest BCUT2D eigenvalue weighted by Gasteiger charge is -2.11. The van der Waals surface area contributed by atoms with Crippen LogP contribution in [0.25, 0.3) is 0 Å². The van der Waals surface area contributed by atoms with Crippen LogP contribution in [0.5, 0.6) is 0 Å². The Hall–Kier alpha value is -1.09. The van der Waals surface area contributed by atoms with E-state index in [1.54, 1.807) is 36.5 Å². The van der Waals surface area contributed by atoms with E-state index in [0.717, 1.165) is 5.56 Å². The van der Waals surface area contributed by atoms with Crippen LogP contribution in [0.2, 0.25) is 10.2 Å². The first-order chi connectivity index (χ1) is 7.66. The third-order valence-electron chi connectivity index (χ3n) is 2.23. The fraction of sp³-hybridized carbons (Fsp3) is 0.0833. The van der Waals surface area contributed by atoms with E-state index >= 15 is 0 Å². The van der Waals surface area contributed by atoms with Crippen molar-refractivity contribution in [2.75, 3.05) is 0 Å². The highest BCUT2D eigenvalue weighted by molar-refractivity contribution is 6.30. The van der Waals surface area contributed by atoms with Gasteiger partial charge in [-0.15, -0.1) is 0 Å². The zero-order valence-electron chi connectivity index (χ0n) is 8.27. The lowest BCUT2D eigenvalue weighted by atomic mass is 10.0. The van der Waals surface area contributed by atoms with Crippen LogP contribution in [0.3, 0.4) is 0 Å². The Morgan fingerprint density at radius 2 is 1.88 bits per heavy atom. The Kier molecular flexibility index (Phi) is 3.44. The molecule has 0 saturated carbocycles. The highest BCUT2D eigenvalue weighted by Gasteiger charge is 2.10. The molecule has 82 valence electrons. The summed E-state index contributed by atoms with van der Waals surface area (Å²) in [6, 6.07) is 10.5. The summed E-state index contributed by atoms with van der Waals surface area (Å²) in [5.74, 6) is 0. The van der Waals surface area contributed by atoms with Crippen LogP contribution in [-0.4, -0.2) is 10.1 Å². The molecule has 0 radical (unpaired) electrons. The normalized spacial score (nSPS) is 12.4. The second-order valence-corrected chi connectivity index (χ2v) is 4.20. The first-order valence-corrected chi connectivity index (χ1v) is 5.47. The number of pyridine rings is 1. The standard InChI is InChI=1S/C12H9Cl2NO/c13-10-3-1-2-8(6-10)12(16)9-4-5-11(14)15-7-9/h1-7,12,16H. The molecule has 0 bridgehead atoms. The third kappa shape index (κ3) is 2.53. The van der Waals surface area contributed by atoms with Gasteiger partial charge in [-0.05, 0) is 23.8 Å². The minimum Gasteiger partial charge on any atom is -0.384 e. The minimum absolute atomic E-state index is 0.405. The number of benzene rings is 1. The molecule has 0 fully saturated rings. The highest BCUT2D eigenvalue weighted by Crippen LogP contribution is 2.24. The predicted octanol–water partition coefficient (Wildman–Crippen LogP) is 3.47. The van der Waals surface area contributed by atoms with Gasteiger partial charge in [0.1, 0.15) is 11.3 Å². The van der Waals surface area contributed by atoms with Gasteiger partial charge < -0.3 is 5.11 Å². The second kappa shape index (κ2) is 4.83. The molecule has 0 aliphatic heterocycles. The second-order valence-electron chi connectivity index (χ2n) is 3.37. The summed E-state index contributed by atoms with van der Waals surface area (Å²) in [7, 11) is 0. The Morgan fingerprint density at radius 3 is 2.50 bits per heavy atom. The monoisotopic (exact) mass is 253 g/mol. The quantitative estimate of drug-likeness (QED) is 0.832. The summed E-state index contributed by atoms with van der Waals surface area (Å²) in [5.41, 5.74) is 1.42. The van der Waals surface area contributed by atoms with Crippen molar-refractivity contribution in [1.82, 2.24) is 4.98 Å². The molecular weight excluding hydrogens is 245 g/mol. The smallest absolute Gasteiger partial charge is 0.129 e. The van der Waals surface area contributed by atoms with Crippen LogP contribution >= 0.6 is 23.2 Å². The van der Waals surface area contributed by atoms with E-state index in [1.807, 2.05) is 6.07 Å². The summed E-state index contributed by atoms with van der Waals surface area (Å²) < 4.78 is 0. The van der Waals surface area contributed by atoms with Gasteiger partial charge in [-0.2, -0.15) is 0 Å². The molecule has 1 N–H and O–H groups in total. The maximum Gasteiger partial charge on any atom is 0.129 e. The number of nitrogens with zero attached hydrogens (tertiary/aromatic N) is 1. The van der Waals surface area contributed by atoms with E-state index in [1.165, 1.54) is 0 Å². The van der Waals surface area contributed by atoms with Crippen molar-refractivity contribution in [3.63, 3.8) is 0 Å². The molecule has 0 amide bonds. The van der Waals surface area contributed by atoms with Crippen molar-refractivity contribution in [3.05, 3.63) is 63.9 Å². The topological polar surface area (TPSA) is 33.1 Å². The first kappa shape index (κ1) is 11.4. The molecule has 1 aromatic carbocycles. The molecule has 0 aliphatic rings. The number of hydrogen-bond acceptors (Lipinski definition) is 2. The van der Waals surface area contributed by atoms with Crippen molar-refractivity contribution < 1.29 is 5.11 Å². The van der Waals surface area contributed by atoms with Crippen molar-refractivity contribution in [2.45, 2.75) is 6.10 Å². The fourth-order valence-corrected chi connectivity index (χ4v) is 1.73. The van der Waals surface area contributed by atoms with E-state index in [2.05, 4.69) is 4.98 Å².